The van der Waals surface area contributed by atoms with Gasteiger partial charge in [-0.05, 0) is 19.8 Å². The van der Waals surface area contributed by atoms with Crippen molar-refractivity contribution in [1.82, 2.24) is 25.3 Å². The first-order chi connectivity index (χ1) is 13.4. The molecule has 0 bridgehead atoms. The van der Waals surface area contributed by atoms with Crippen LogP contribution in [-0.4, -0.2) is 98.9 Å². The average Bonchev–Trinajstić information content (AvgIpc) is 3.16. The number of amides is 2. The number of rotatable bonds is 7. The number of piperazine rings is 1. The van der Waals surface area contributed by atoms with Gasteiger partial charge in [0.1, 0.15) is 0 Å². The quantitative estimate of drug-likeness (QED) is 0.296. The number of hydrogen-bond donors (Lipinski definition) is 2. The molecular formula is C20H39IN6O2. The lowest BCUT2D eigenvalue weighted by Gasteiger charge is -2.34. The normalized spacial score (nSPS) is 19.4. The number of halogens is 1. The monoisotopic (exact) mass is 522 g/mol. The fourth-order valence-electron chi connectivity index (χ4n) is 4.16. The van der Waals surface area contributed by atoms with Crippen molar-refractivity contribution >= 4 is 41.8 Å². The maximum atomic E-state index is 12.7. The predicted octanol–water partition coefficient (Wildman–Crippen LogP) is 0.972. The molecule has 0 radical (unpaired) electrons. The molecule has 0 aromatic heterocycles. The largest absolute Gasteiger partial charge is 0.357 e. The van der Waals surface area contributed by atoms with Crippen LogP contribution in [0.3, 0.4) is 0 Å². The van der Waals surface area contributed by atoms with E-state index in [1.807, 2.05) is 19.0 Å². The Morgan fingerprint density at radius 1 is 1.07 bits per heavy atom. The molecule has 2 N–H and O–H groups in total. The number of aliphatic imine (C=N–C) groups is 1. The Morgan fingerprint density at radius 3 is 2.21 bits per heavy atom. The van der Waals surface area contributed by atoms with Crippen LogP contribution in [0.1, 0.15) is 39.5 Å². The molecule has 9 heteroatoms. The molecule has 2 amide bonds. The highest BCUT2D eigenvalue weighted by Crippen LogP contribution is 2.39. The van der Waals surface area contributed by atoms with Gasteiger partial charge in [0.2, 0.25) is 11.8 Å². The Balaban J connectivity index is 0.00000420. The number of carbonyl (C=O) groups excluding carboxylic acids is 2. The molecule has 2 fully saturated rings. The zero-order chi connectivity index (χ0) is 20.6. The second-order valence-corrected chi connectivity index (χ2v) is 8.16. The highest BCUT2D eigenvalue weighted by molar-refractivity contribution is 14.0. The minimum atomic E-state index is -0.338. The molecule has 2 aliphatic rings. The molecule has 0 aromatic carbocycles. The van der Waals surface area contributed by atoms with Crippen molar-refractivity contribution in [1.29, 1.82) is 0 Å². The Hall–Kier alpha value is -1.10. The average molecular weight is 522 g/mol. The molecule has 29 heavy (non-hydrogen) atoms. The Kier molecular flexibility index (Phi) is 11.2. The highest BCUT2D eigenvalue weighted by Gasteiger charge is 2.42. The van der Waals surface area contributed by atoms with E-state index in [2.05, 4.69) is 22.5 Å². The van der Waals surface area contributed by atoms with E-state index in [0.717, 1.165) is 77.5 Å². The lowest BCUT2D eigenvalue weighted by Crippen LogP contribution is -2.50. The number of nitrogens with zero attached hydrogens (tertiary/aromatic N) is 4. The molecule has 8 nitrogen and oxygen atoms in total. The Labute approximate surface area is 192 Å². The van der Waals surface area contributed by atoms with Gasteiger partial charge in [-0.25, -0.2) is 0 Å². The molecule has 0 atom stereocenters. The van der Waals surface area contributed by atoms with E-state index < -0.39 is 0 Å². The summed E-state index contributed by atoms with van der Waals surface area (Å²) in [5.41, 5.74) is -0.338. The molecule has 1 saturated heterocycles. The van der Waals surface area contributed by atoms with Gasteiger partial charge >= 0.3 is 0 Å². The van der Waals surface area contributed by atoms with Gasteiger partial charge in [0, 0.05) is 66.8 Å². The van der Waals surface area contributed by atoms with Gasteiger partial charge in [-0.15, -0.1) is 24.0 Å². The van der Waals surface area contributed by atoms with Crippen LogP contribution in [0.2, 0.25) is 0 Å². The first-order valence-electron chi connectivity index (χ1n) is 10.6. The number of hydrogen-bond acceptors (Lipinski definition) is 4. The molecule has 168 valence electrons. The van der Waals surface area contributed by atoms with Crippen LogP contribution >= 0.6 is 24.0 Å². The molecule has 0 aromatic rings. The minimum absolute atomic E-state index is 0. The van der Waals surface area contributed by atoms with Crippen LogP contribution in [0.25, 0.3) is 0 Å². The zero-order valence-electron chi connectivity index (χ0n) is 18.5. The summed E-state index contributed by atoms with van der Waals surface area (Å²) in [7, 11) is 3.67. The second-order valence-electron chi connectivity index (χ2n) is 8.16. The lowest BCUT2D eigenvalue weighted by atomic mass is 9.85. The summed E-state index contributed by atoms with van der Waals surface area (Å²) in [6, 6.07) is 0. The van der Waals surface area contributed by atoms with Gasteiger partial charge in [-0.2, -0.15) is 0 Å². The molecule has 2 rings (SSSR count). The van der Waals surface area contributed by atoms with Crippen LogP contribution in [0.15, 0.2) is 4.99 Å². The van der Waals surface area contributed by atoms with E-state index in [0.29, 0.717) is 6.54 Å². The fraction of sp³-hybridized carbons (Fsp3) is 0.850. The standard InChI is InChI=1S/C20H38N6O2.HI/c1-5-21-19(22-10-11-25-12-14-26(15-13-25)17(2)27)23-16-20(8-6-7-9-20)18(28)24(3)4;/h5-16H2,1-4H3,(H2,21,22,23);1H. The number of guanidine groups is 1. The van der Waals surface area contributed by atoms with Gasteiger partial charge < -0.3 is 20.4 Å². The molecule has 1 aliphatic heterocycles. The summed E-state index contributed by atoms with van der Waals surface area (Å²) < 4.78 is 0. The van der Waals surface area contributed by atoms with Crippen molar-refractivity contribution < 1.29 is 9.59 Å². The van der Waals surface area contributed by atoms with Crippen molar-refractivity contribution in [2.45, 2.75) is 39.5 Å². The van der Waals surface area contributed by atoms with Crippen LogP contribution in [0.4, 0.5) is 0 Å². The van der Waals surface area contributed by atoms with E-state index in [1.165, 1.54) is 0 Å². The van der Waals surface area contributed by atoms with E-state index >= 15 is 0 Å². The topological polar surface area (TPSA) is 80.3 Å². The van der Waals surface area contributed by atoms with Gasteiger partial charge in [0.15, 0.2) is 5.96 Å². The summed E-state index contributed by atoms with van der Waals surface area (Å²) in [5, 5.41) is 6.70. The zero-order valence-corrected chi connectivity index (χ0v) is 20.8. The third-order valence-electron chi connectivity index (χ3n) is 5.84. The summed E-state index contributed by atoms with van der Waals surface area (Å²) in [4.78, 5) is 34.9. The molecule has 1 saturated carbocycles. The Bertz CT molecular complexity index is 555. The third-order valence-corrected chi connectivity index (χ3v) is 5.84. The van der Waals surface area contributed by atoms with Gasteiger partial charge in [-0.3, -0.25) is 19.5 Å². The fourth-order valence-corrected chi connectivity index (χ4v) is 4.16. The first kappa shape index (κ1) is 25.9. The first-order valence-corrected chi connectivity index (χ1v) is 10.6. The Morgan fingerprint density at radius 2 is 1.69 bits per heavy atom. The van der Waals surface area contributed by atoms with Crippen LogP contribution in [0.5, 0.6) is 0 Å². The van der Waals surface area contributed by atoms with Crippen molar-refractivity contribution in [3.8, 4) is 0 Å². The minimum Gasteiger partial charge on any atom is -0.357 e. The molecular weight excluding hydrogens is 483 g/mol. The molecule has 1 heterocycles. The van der Waals surface area contributed by atoms with E-state index in [-0.39, 0.29) is 41.2 Å². The smallest absolute Gasteiger partial charge is 0.230 e. The van der Waals surface area contributed by atoms with E-state index in [9.17, 15) is 9.59 Å². The summed E-state index contributed by atoms with van der Waals surface area (Å²) in [5.74, 6) is 1.14. The number of nitrogens with one attached hydrogen (secondary N) is 2. The van der Waals surface area contributed by atoms with E-state index in [1.54, 1.807) is 11.8 Å². The highest BCUT2D eigenvalue weighted by atomic mass is 127. The SMILES string of the molecule is CCNC(=NCC1(C(=O)N(C)C)CCCC1)NCCN1CCN(C(C)=O)CC1.I. The van der Waals surface area contributed by atoms with Crippen LogP contribution < -0.4 is 10.6 Å². The number of carbonyl (C=O) groups is 2. The lowest BCUT2D eigenvalue weighted by molar-refractivity contribution is -0.138. The second kappa shape index (κ2) is 12.6. The van der Waals surface area contributed by atoms with Gasteiger partial charge in [0.25, 0.3) is 0 Å². The van der Waals surface area contributed by atoms with Crippen molar-refractivity contribution in [3.05, 3.63) is 0 Å². The summed E-state index contributed by atoms with van der Waals surface area (Å²) >= 11 is 0. The van der Waals surface area contributed by atoms with E-state index in [4.69, 9.17) is 4.99 Å². The summed E-state index contributed by atoms with van der Waals surface area (Å²) in [6.07, 6.45) is 4.05. The van der Waals surface area contributed by atoms with Crippen LogP contribution in [-0.2, 0) is 9.59 Å². The third kappa shape index (κ3) is 7.58. The molecule has 1 aliphatic carbocycles. The maximum absolute atomic E-state index is 12.7. The summed E-state index contributed by atoms with van der Waals surface area (Å²) in [6.45, 7) is 10.2. The maximum Gasteiger partial charge on any atom is 0.230 e. The van der Waals surface area contributed by atoms with Gasteiger partial charge in [-0.1, -0.05) is 12.8 Å². The molecule has 0 spiro atoms. The van der Waals surface area contributed by atoms with Crippen molar-refractivity contribution in [3.63, 3.8) is 0 Å². The van der Waals surface area contributed by atoms with Crippen LogP contribution in [0, 0.1) is 5.41 Å². The van der Waals surface area contributed by atoms with Crippen molar-refractivity contribution in [2.24, 2.45) is 10.4 Å². The molecule has 0 unspecified atom stereocenters. The predicted molar refractivity (Wildman–Crippen MR) is 128 cm³/mol. The van der Waals surface area contributed by atoms with Crippen molar-refractivity contribution in [2.75, 3.05) is 66.5 Å². The van der Waals surface area contributed by atoms with Gasteiger partial charge in [0.05, 0.1) is 12.0 Å².